The van der Waals surface area contributed by atoms with E-state index in [1.807, 2.05) is 0 Å². The Kier molecular flexibility index (Phi) is 1.94. The highest BCUT2D eigenvalue weighted by Gasteiger charge is 2.40. The molecule has 0 rings (SSSR count). The first-order valence-electron chi connectivity index (χ1n) is 1.63. The van der Waals surface area contributed by atoms with Crippen LogP contribution in [-0.4, -0.2) is 18.6 Å². The van der Waals surface area contributed by atoms with E-state index in [1.165, 1.54) is 0 Å². The fourth-order valence-corrected chi connectivity index (χ4v) is 0.0514. The van der Waals surface area contributed by atoms with Gasteiger partial charge in [-0.1, -0.05) is 0 Å². The minimum atomic E-state index is -4.47. The van der Waals surface area contributed by atoms with Crippen LogP contribution in [0.1, 0.15) is 0 Å². The van der Waals surface area contributed by atoms with Crippen molar-refractivity contribution < 1.29 is 22.4 Å². The molecule has 0 saturated heterocycles. The highest BCUT2D eigenvalue weighted by atomic mass is 19.3. The standard InChI is InChI=1S/C3H2F4O/c4-2(5)3(6,7)1-8/h1-2H. The molecule has 0 aliphatic carbocycles. The van der Waals surface area contributed by atoms with Crippen molar-refractivity contribution in [2.24, 2.45) is 0 Å². The second-order valence-corrected chi connectivity index (χ2v) is 1.09. The van der Waals surface area contributed by atoms with Crippen LogP contribution in [0, 0.1) is 0 Å². The van der Waals surface area contributed by atoms with Crippen LogP contribution < -0.4 is 0 Å². The Morgan fingerprint density at radius 2 is 1.75 bits per heavy atom. The molecule has 0 spiro atoms. The predicted octanol–water partition coefficient (Wildman–Crippen LogP) is 1.09. The third-order valence-corrected chi connectivity index (χ3v) is 0.448. The van der Waals surface area contributed by atoms with Crippen molar-refractivity contribution in [3.8, 4) is 0 Å². The molecule has 0 aliphatic heterocycles. The number of halogens is 4. The Balaban J connectivity index is 3.90. The summed E-state index contributed by atoms with van der Waals surface area (Å²) < 4.78 is 44.0. The first-order chi connectivity index (χ1) is 3.50. The number of hydrogen-bond donors (Lipinski definition) is 0. The van der Waals surface area contributed by atoms with E-state index in [9.17, 15) is 17.6 Å². The third-order valence-electron chi connectivity index (χ3n) is 0.448. The van der Waals surface area contributed by atoms with Crippen LogP contribution in [0.15, 0.2) is 0 Å². The van der Waals surface area contributed by atoms with Gasteiger partial charge in [0.25, 0.3) is 0 Å². The van der Waals surface area contributed by atoms with Crippen LogP contribution in [0.3, 0.4) is 0 Å². The lowest BCUT2D eigenvalue weighted by molar-refractivity contribution is -0.153. The molecule has 0 heterocycles. The maximum Gasteiger partial charge on any atom is 0.361 e. The summed E-state index contributed by atoms with van der Waals surface area (Å²) in [6, 6.07) is 0. The summed E-state index contributed by atoms with van der Waals surface area (Å²) in [4.78, 5) is 9.04. The average molecular weight is 130 g/mol. The van der Waals surface area contributed by atoms with Gasteiger partial charge in [0, 0.05) is 0 Å². The van der Waals surface area contributed by atoms with E-state index in [2.05, 4.69) is 0 Å². The number of carbonyl (C=O) groups excluding carboxylic acids is 1. The Hall–Kier alpha value is -0.610. The molecule has 0 N–H and O–H groups in total. The molecule has 0 atom stereocenters. The quantitative estimate of drug-likeness (QED) is 0.403. The lowest BCUT2D eigenvalue weighted by Crippen LogP contribution is -2.27. The minimum Gasteiger partial charge on any atom is -0.296 e. The lowest BCUT2D eigenvalue weighted by Gasteiger charge is -2.03. The van der Waals surface area contributed by atoms with Gasteiger partial charge < -0.3 is 0 Å². The SMILES string of the molecule is O=CC(F)(F)C(F)F. The Bertz CT molecular complexity index is 89.3. The molecule has 0 unspecified atom stereocenters. The molecule has 48 valence electrons. The molecule has 8 heavy (non-hydrogen) atoms. The zero-order valence-electron chi connectivity index (χ0n) is 3.57. The number of aldehydes is 1. The smallest absolute Gasteiger partial charge is 0.296 e. The number of hydrogen-bond acceptors (Lipinski definition) is 1. The molecule has 0 aromatic heterocycles. The Labute approximate surface area is 42.3 Å². The van der Waals surface area contributed by atoms with Gasteiger partial charge in [-0.25, -0.2) is 8.78 Å². The van der Waals surface area contributed by atoms with E-state index in [-0.39, 0.29) is 0 Å². The van der Waals surface area contributed by atoms with Crippen molar-refractivity contribution >= 4 is 6.29 Å². The summed E-state index contributed by atoms with van der Waals surface area (Å²) >= 11 is 0. The van der Waals surface area contributed by atoms with Gasteiger partial charge in [-0.3, -0.25) is 4.79 Å². The topological polar surface area (TPSA) is 17.1 Å². The van der Waals surface area contributed by atoms with Crippen LogP contribution in [0.25, 0.3) is 0 Å². The average Bonchev–Trinajstić information content (AvgIpc) is 1.67. The van der Waals surface area contributed by atoms with Gasteiger partial charge >= 0.3 is 12.3 Å². The van der Waals surface area contributed by atoms with Gasteiger partial charge in [0.2, 0.25) is 0 Å². The molecule has 0 amide bonds. The molecule has 0 aromatic rings. The lowest BCUT2D eigenvalue weighted by atomic mass is 10.4. The highest BCUT2D eigenvalue weighted by Crippen LogP contribution is 2.18. The second-order valence-electron chi connectivity index (χ2n) is 1.09. The van der Waals surface area contributed by atoms with Gasteiger partial charge in [0.15, 0.2) is 6.29 Å². The van der Waals surface area contributed by atoms with Crippen LogP contribution in [0.4, 0.5) is 17.6 Å². The van der Waals surface area contributed by atoms with Crippen molar-refractivity contribution in [2.45, 2.75) is 12.3 Å². The monoisotopic (exact) mass is 130 g/mol. The molecule has 0 bridgehead atoms. The molecule has 0 saturated carbocycles. The zero-order valence-corrected chi connectivity index (χ0v) is 3.57. The van der Waals surface area contributed by atoms with E-state index in [0.717, 1.165) is 0 Å². The van der Waals surface area contributed by atoms with Crippen molar-refractivity contribution in [2.75, 3.05) is 0 Å². The molecule has 0 fully saturated rings. The molecular formula is C3H2F4O. The first-order valence-corrected chi connectivity index (χ1v) is 1.63. The van der Waals surface area contributed by atoms with Crippen LogP contribution in [-0.2, 0) is 4.79 Å². The first kappa shape index (κ1) is 7.39. The summed E-state index contributed by atoms with van der Waals surface area (Å²) in [5.74, 6) is -4.47. The summed E-state index contributed by atoms with van der Waals surface area (Å²) in [6.07, 6.45) is -4.96. The third kappa shape index (κ3) is 1.48. The number of rotatable bonds is 2. The maximum atomic E-state index is 11.2. The molecule has 5 heteroatoms. The number of alkyl halides is 4. The van der Waals surface area contributed by atoms with E-state index in [1.54, 1.807) is 0 Å². The van der Waals surface area contributed by atoms with Gasteiger partial charge in [-0.2, -0.15) is 8.78 Å². The molecule has 0 aromatic carbocycles. The molecule has 0 radical (unpaired) electrons. The maximum absolute atomic E-state index is 11.2. The summed E-state index contributed by atoms with van der Waals surface area (Å²) in [5.41, 5.74) is 0. The van der Waals surface area contributed by atoms with Crippen LogP contribution >= 0.6 is 0 Å². The van der Waals surface area contributed by atoms with Crippen molar-refractivity contribution in [1.29, 1.82) is 0 Å². The van der Waals surface area contributed by atoms with Gasteiger partial charge in [-0.15, -0.1) is 0 Å². The molecular weight excluding hydrogens is 128 g/mol. The highest BCUT2D eigenvalue weighted by molar-refractivity contribution is 5.60. The predicted molar refractivity (Wildman–Crippen MR) is 17.0 cm³/mol. The normalized spacial score (nSPS) is 12.1. The fourth-order valence-electron chi connectivity index (χ4n) is 0.0514. The zero-order chi connectivity index (χ0) is 6.78. The minimum absolute atomic E-state index is 1.07. The summed E-state index contributed by atoms with van der Waals surface area (Å²) in [5, 5.41) is 0. The van der Waals surface area contributed by atoms with Crippen molar-refractivity contribution in [3.05, 3.63) is 0 Å². The van der Waals surface area contributed by atoms with E-state index < -0.39 is 18.6 Å². The summed E-state index contributed by atoms with van der Waals surface area (Å²) in [7, 11) is 0. The van der Waals surface area contributed by atoms with Crippen molar-refractivity contribution in [1.82, 2.24) is 0 Å². The van der Waals surface area contributed by atoms with Crippen molar-refractivity contribution in [3.63, 3.8) is 0 Å². The Morgan fingerprint density at radius 3 is 1.75 bits per heavy atom. The van der Waals surface area contributed by atoms with E-state index in [4.69, 9.17) is 4.79 Å². The van der Waals surface area contributed by atoms with E-state index >= 15 is 0 Å². The van der Waals surface area contributed by atoms with Crippen LogP contribution in [0.2, 0.25) is 0 Å². The summed E-state index contributed by atoms with van der Waals surface area (Å²) in [6.45, 7) is 0. The Morgan fingerprint density at radius 1 is 1.38 bits per heavy atom. The number of carbonyl (C=O) groups is 1. The largest absolute Gasteiger partial charge is 0.361 e. The van der Waals surface area contributed by atoms with E-state index in [0.29, 0.717) is 0 Å². The van der Waals surface area contributed by atoms with Crippen LogP contribution in [0.5, 0.6) is 0 Å². The fraction of sp³-hybridized carbons (Fsp3) is 0.667. The molecule has 0 aliphatic rings. The van der Waals surface area contributed by atoms with Gasteiger partial charge in [0.1, 0.15) is 0 Å². The van der Waals surface area contributed by atoms with Gasteiger partial charge in [-0.05, 0) is 0 Å². The second kappa shape index (κ2) is 2.11. The van der Waals surface area contributed by atoms with Gasteiger partial charge in [0.05, 0.1) is 0 Å². The molecule has 1 nitrogen and oxygen atoms in total.